The Balaban J connectivity index is 1.79. The van der Waals surface area contributed by atoms with Gasteiger partial charge in [-0.3, -0.25) is 4.90 Å². The molecule has 0 spiro atoms. The third-order valence-corrected chi connectivity index (χ3v) is 6.39. The molecule has 5 nitrogen and oxygen atoms in total. The Morgan fingerprint density at radius 1 is 0.500 bits per heavy atom. The van der Waals surface area contributed by atoms with Crippen LogP contribution in [0, 0.1) is 6.92 Å². The Bertz CT molecular complexity index is 1580. The summed E-state index contributed by atoms with van der Waals surface area (Å²) in [5.74, 6) is 3.02. The van der Waals surface area contributed by atoms with E-state index >= 15 is 0 Å². The molecule has 0 fully saturated rings. The molecule has 0 unspecified atom stereocenters. The van der Waals surface area contributed by atoms with Crippen LogP contribution in [0.2, 0.25) is 0 Å². The maximum atomic E-state index is 5.47. The third kappa shape index (κ3) is 6.27. The average molecular weight is 526 g/mol. The summed E-state index contributed by atoms with van der Waals surface area (Å²) in [5.41, 5.74) is 5.62. The first-order valence-electron chi connectivity index (χ1n) is 13.1. The van der Waals surface area contributed by atoms with Crippen LogP contribution in [0.3, 0.4) is 0 Å². The topological polar surface area (TPSA) is 46.4 Å². The Morgan fingerprint density at radius 3 is 1.32 bits per heavy atom. The van der Waals surface area contributed by atoms with Gasteiger partial charge in [0.05, 0.1) is 25.6 Å². The van der Waals surface area contributed by atoms with Gasteiger partial charge in [0.2, 0.25) is 0 Å². The molecule has 5 rings (SSSR count). The number of anilines is 1. The molecule has 5 aromatic carbocycles. The van der Waals surface area contributed by atoms with E-state index < -0.39 is 0 Å². The van der Waals surface area contributed by atoms with Gasteiger partial charge in [0.25, 0.3) is 0 Å². The molecular formula is C35H31N3O2. The Morgan fingerprint density at radius 2 is 0.900 bits per heavy atom. The summed E-state index contributed by atoms with van der Waals surface area (Å²) in [4.78, 5) is 12.5. The van der Waals surface area contributed by atoms with E-state index in [1.54, 1.807) is 14.2 Å². The van der Waals surface area contributed by atoms with Gasteiger partial charge in [0.15, 0.2) is 0 Å². The number of hydrogen-bond acceptors (Lipinski definition) is 4. The van der Waals surface area contributed by atoms with E-state index in [-0.39, 0.29) is 0 Å². The first kappa shape index (κ1) is 26.4. The van der Waals surface area contributed by atoms with E-state index in [2.05, 4.69) is 48.2 Å². The van der Waals surface area contributed by atoms with E-state index in [0.717, 1.165) is 51.4 Å². The molecule has 0 aliphatic heterocycles. The monoisotopic (exact) mass is 525 g/mol. The van der Waals surface area contributed by atoms with Gasteiger partial charge in [0.1, 0.15) is 23.2 Å². The van der Waals surface area contributed by atoms with E-state index in [9.17, 15) is 0 Å². The summed E-state index contributed by atoms with van der Waals surface area (Å²) in [6.07, 6.45) is 0. The van der Waals surface area contributed by atoms with Crippen molar-refractivity contribution in [2.24, 2.45) is 9.98 Å². The molecule has 5 aromatic rings. The first-order chi connectivity index (χ1) is 19.6. The number of aryl methyl sites for hydroxylation is 1. The standard InChI is InChI=1S/C35H31N3O2/c1-26-14-16-29(17-15-26)36-34(27-10-6-4-7-11-27)38(31-20-24-33(40-3)25-21-31)35(28-12-8-5-9-13-28)37-30-18-22-32(39-2)23-19-30/h4-25H,1-3H3. The molecule has 0 heterocycles. The third-order valence-electron chi connectivity index (χ3n) is 6.39. The zero-order chi connectivity index (χ0) is 27.7. The van der Waals surface area contributed by atoms with Gasteiger partial charge >= 0.3 is 0 Å². The highest BCUT2D eigenvalue weighted by Gasteiger charge is 2.24. The number of ether oxygens (including phenoxy) is 2. The lowest BCUT2D eigenvalue weighted by Gasteiger charge is -2.28. The lowest BCUT2D eigenvalue weighted by Crippen LogP contribution is -2.38. The zero-order valence-electron chi connectivity index (χ0n) is 22.9. The molecule has 0 N–H and O–H groups in total. The van der Waals surface area contributed by atoms with Gasteiger partial charge in [-0.05, 0) is 67.6 Å². The van der Waals surface area contributed by atoms with Crippen molar-refractivity contribution in [2.45, 2.75) is 6.92 Å². The lowest BCUT2D eigenvalue weighted by molar-refractivity contribution is 0.415. The van der Waals surface area contributed by atoms with Gasteiger partial charge < -0.3 is 9.47 Å². The van der Waals surface area contributed by atoms with Gasteiger partial charge in [-0.1, -0.05) is 78.4 Å². The quantitative estimate of drug-likeness (QED) is 0.158. The number of rotatable bonds is 7. The molecule has 0 amide bonds. The van der Waals surface area contributed by atoms with E-state index in [4.69, 9.17) is 19.5 Å². The van der Waals surface area contributed by atoms with Crippen molar-refractivity contribution in [1.82, 2.24) is 0 Å². The number of aliphatic imine (C=N–C) groups is 2. The Labute approximate surface area is 235 Å². The summed E-state index contributed by atoms with van der Waals surface area (Å²) in [6.45, 7) is 2.07. The summed E-state index contributed by atoms with van der Waals surface area (Å²) < 4.78 is 10.9. The molecule has 0 radical (unpaired) electrons. The number of benzene rings is 5. The molecular weight excluding hydrogens is 494 g/mol. The van der Waals surface area contributed by atoms with Crippen molar-refractivity contribution in [1.29, 1.82) is 0 Å². The van der Waals surface area contributed by atoms with E-state index in [1.165, 1.54) is 5.56 Å². The fourth-order valence-electron chi connectivity index (χ4n) is 4.26. The second kappa shape index (κ2) is 12.6. The Hall–Kier alpha value is -5.16. The van der Waals surface area contributed by atoms with Crippen LogP contribution < -0.4 is 14.4 Å². The van der Waals surface area contributed by atoms with E-state index in [0.29, 0.717) is 0 Å². The fraction of sp³-hybridized carbons (Fsp3) is 0.0857. The highest BCUT2D eigenvalue weighted by atomic mass is 16.5. The van der Waals surface area contributed by atoms with E-state index in [1.807, 2.05) is 97.1 Å². The number of methoxy groups -OCH3 is 2. The molecule has 0 bridgehead atoms. The highest BCUT2D eigenvalue weighted by Crippen LogP contribution is 2.28. The highest BCUT2D eigenvalue weighted by molar-refractivity contribution is 6.30. The van der Waals surface area contributed by atoms with Crippen molar-refractivity contribution < 1.29 is 9.47 Å². The normalized spacial score (nSPS) is 11.7. The van der Waals surface area contributed by atoms with Gasteiger partial charge in [0, 0.05) is 16.8 Å². The minimum absolute atomic E-state index is 0.727. The smallest absolute Gasteiger partial charge is 0.146 e. The molecule has 40 heavy (non-hydrogen) atoms. The van der Waals surface area contributed by atoms with Crippen LogP contribution in [0.4, 0.5) is 17.1 Å². The predicted molar refractivity (Wildman–Crippen MR) is 165 cm³/mol. The number of hydrogen-bond donors (Lipinski definition) is 0. The van der Waals surface area contributed by atoms with Crippen molar-refractivity contribution >= 4 is 28.7 Å². The maximum Gasteiger partial charge on any atom is 0.146 e. The van der Waals surface area contributed by atoms with Gasteiger partial charge in [-0.2, -0.15) is 0 Å². The summed E-state index contributed by atoms with van der Waals surface area (Å²) >= 11 is 0. The number of nitrogens with zero attached hydrogens (tertiary/aromatic N) is 3. The minimum atomic E-state index is 0.727. The van der Waals surface area contributed by atoms with Crippen LogP contribution in [0.5, 0.6) is 11.5 Å². The van der Waals surface area contributed by atoms with Crippen molar-refractivity contribution in [3.63, 3.8) is 0 Å². The van der Waals surface area contributed by atoms with Crippen LogP contribution in [0.1, 0.15) is 16.7 Å². The molecule has 0 aliphatic carbocycles. The Kier molecular flexibility index (Phi) is 8.32. The second-order valence-corrected chi connectivity index (χ2v) is 9.17. The molecule has 0 aliphatic rings. The second-order valence-electron chi connectivity index (χ2n) is 9.17. The molecule has 0 aromatic heterocycles. The SMILES string of the molecule is COc1ccc(N=C(c2ccccc2)N(C(=Nc2ccc(C)cc2)c2ccccc2)c2ccc(OC)cc2)cc1. The first-order valence-corrected chi connectivity index (χ1v) is 13.1. The number of amidine groups is 2. The van der Waals surface area contributed by atoms with Crippen molar-refractivity contribution in [3.8, 4) is 11.5 Å². The lowest BCUT2D eigenvalue weighted by atomic mass is 10.1. The van der Waals surface area contributed by atoms with Crippen LogP contribution in [0.25, 0.3) is 0 Å². The summed E-state index contributed by atoms with van der Waals surface area (Å²) in [5, 5.41) is 0. The molecule has 0 atom stereocenters. The maximum absolute atomic E-state index is 5.47. The summed E-state index contributed by atoms with van der Waals surface area (Å²) in [7, 11) is 3.33. The van der Waals surface area contributed by atoms with Crippen LogP contribution in [0.15, 0.2) is 143 Å². The average Bonchev–Trinajstić information content (AvgIpc) is 3.02. The predicted octanol–water partition coefficient (Wildman–Crippen LogP) is 8.38. The van der Waals surface area contributed by atoms with Gasteiger partial charge in [-0.25, -0.2) is 9.98 Å². The fourth-order valence-corrected chi connectivity index (χ4v) is 4.26. The van der Waals surface area contributed by atoms with Crippen LogP contribution in [-0.4, -0.2) is 25.9 Å². The van der Waals surface area contributed by atoms with Crippen molar-refractivity contribution in [2.75, 3.05) is 19.1 Å². The minimum Gasteiger partial charge on any atom is -0.497 e. The van der Waals surface area contributed by atoms with Crippen molar-refractivity contribution in [3.05, 3.63) is 150 Å². The molecule has 0 saturated carbocycles. The summed E-state index contributed by atoms with van der Waals surface area (Å²) in [6, 6.07) is 44.3. The van der Waals surface area contributed by atoms with Crippen LogP contribution in [-0.2, 0) is 0 Å². The molecule has 0 saturated heterocycles. The van der Waals surface area contributed by atoms with Crippen LogP contribution >= 0.6 is 0 Å². The van der Waals surface area contributed by atoms with Gasteiger partial charge in [-0.15, -0.1) is 0 Å². The molecule has 198 valence electrons. The zero-order valence-corrected chi connectivity index (χ0v) is 22.9. The largest absolute Gasteiger partial charge is 0.497 e. The molecule has 5 heteroatoms.